The molecular formula is C36H33ClN6O2. The van der Waals surface area contributed by atoms with Gasteiger partial charge in [0.25, 0.3) is 5.56 Å². The molecule has 1 atom stereocenters. The van der Waals surface area contributed by atoms with Crippen LogP contribution in [-0.2, 0) is 0 Å². The first kappa shape index (κ1) is 29.0. The van der Waals surface area contributed by atoms with E-state index in [2.05, 4.69) is 56.5 Å². The highest BCUT2D eigenvalue weighted by Gasteiger charge is 2.25. The normalized spacial score (nSPS) is 15.0. The van der Waals surface area contributed by atoms with Crippen LogP contribution in [0.2, 0.25) is 5.02 Å². The van der Waals surface area contributed by atoms with Crippen LogP contribution in [0, 0.1) is 0 Å². The Morgan fingerprint density at radius 1 is 0.911 bits per heavy atom. The Balaban J connectivity index is 1.37. The first-order valence-corrected chi connectivity index (χ1v) is 15.6. The van der Waals surface area contributed by atoms with Gasteiger partial charge in [0.2, 0.25) is 0 Å². The van der Waals surface area contributed by atoms with E-state index < -0.39 is 6.04 Å². The number of hydrogen-bond donors (Lipinski definition) is 2. The number of para-hydroxylation sites is 1. The maximum absolute atomic E-state index is 14.7. The Hall–Kier alpha value is -4.79. The summed E-state index contributed by atoms with van der Waals surface area (Å²) in [5, 5.41) is 5.36. The van der Waals surface area contributed by atoms with E-state index in [0.29, 0.717) is 49.9 Å². The second kappa shape index (κ2) is 12.0. The molecule has 0 amide bonds. The summed E-state index contributed by atoms with van der Waals surface area (Å²) in [6.07, 6.45) is 5.24. The van der Waals surface area contributed by atoms with Crippen molar-refractivity contribution in [3.05, 3.63) is 128 Å². The van der Waals surface area contributed by atoms with Crippen LogP contribution in [0.4, 0.5) is 5.82 Å². The van der Waals surface area contributed by atoms with Crippen molar-refractivity contribution in [2.24, 2.45) is 0 Å². The predicted molar refractivity (Wildman–Crippen MR) is 182 cm³/mol. The summed E-state index contributed by atoms with van der Waals surface area (Å²) in [7, 11) is 2.18. The molecular weight excluding hydrogens is 584 g/mol. The standard InChI is InChI=1S/C36H33ClN6O2/c1-22(41-35-31-29(44)15-18-38-34(31)39-21-40-35)33-32(37)28-10-6-9-27(30(28)36(45)43(33)26-7-4-3-5-8-26)25-13-11-23(12-14-25)24-16-19-42(2)20-17-24/h3-15,18,21-22,24H,16-17,19-20H2,1-2H3,(H2,38,39,40,41,44)/t22-/m0/s1. The Labute approximate surface area is 265 Å². The summed E-state index contributed by atoms with van der Waals surface area (Å²) in [6.45, 7) is 4.11. The zero-order chi connectivity index (χ0) is 31.1. The van der Waals surface area contributed by atoms with E-state index in [1.165, 1.54) is 18.0 Å². The molecule has 1 fully saturated rings. The number of likely N-dealkylation sites (tertiary alicyclic amines) is 1. The van der Waals surface area contributed by atoms with Crippen molar-refractivity contribution in [1.29, 1.82) is 0 Å². The second-order valence-electron chi connectivity index (χ2n) is 11.8. The van der Waals surface area contributed by atoms with Gasteiger partial charge in [-0.25, -0.2) is 9.97 Å². The van der Waals surface area contributed by atoms with Crippen molar-refractivity contribution >= 4 is 39.2 Å². The molecule has 8 nitrogen and oxygen atoms in total. The number of nitrogens with zero attached hydrogens (tertiary/aromatic N) is 4. The molecule has 9 heteroatoms. The molecule has 0 radical (unpaired) electrons. The molecule has 3 aromatic heterocycles. The van der Waals surface area contributed by atoms with Gasteiger partial charge in [0.15, 0.2) is 5.43 Å². The number of benzene rings is 3. The third kappa shape index (κ3) is 5.30. The fraction of sp³-hybridized carbons (Fsp3) is 0.222. The molecule has 0 unspecified atom stereocenters. The molecule has 2 N–H and O–H groups in total. The van der Waals surface area contributed by atoms with E-state index in [0.717, 1.165) is 37.1 Å². The molecule has 226 valence electrons. The molecule has 1 saturated heterocycles. The Kier molecular flexibility index (Phi) is 7.69. The highest BCUT2D eigenvalue weighted by atomic mass is 35.5. The lowest BCUT2D eigenvalue weighted by molar-refractivity contribution is 0.255. The van der Waals surface area contributed by atoms with Gasteiger partial charge in [-0.05, 0) is 74.6 Å². The Morgan fingerprint density at radius 2 is 1.67 bits per heavy atom. The van der Waals surface area contributed by atoms with Gasteiger partial charge in [-0.2, -0.15) is 0 Å². The van der Waals surface area contributed by atoms with Gasteiger partial charge in [0.1, 0.15) is 23.2 Å². The second-order valence-corrected chi connectivity index (χ2v) is 12.1. The van der Waals surface area contributed by atoms with E-state index in [9.17, 15) is 9.59 Å². The van der Waals surface area contributed by atoms with Gasteiger partial charge in [-0.3, -0.25) is 14.2 Å². The van der Waals surface area contributed by atoms with Crippen molar-refractivity contribution < 1.29 is 0 Å². The van der Waals surface area contributed by atoms with Crippen LogP contribution < -0.4 is 16.3 Å². The summed E-state index contributed by atoms with van der Waals surface area (Å²) in [4.78, 5) is 41.4. The number of aromatic amines is 1. The van der Waals surface area contributed by atoms with Crippen molar-refractivity contribution in [2.75, 3.05) is 25.5 Å². The maximum atomic E-state index is 14.7. The van der Waals surface area contributed by atoms with E-state index in [1.807, 2.05) is 55.5 Å². The fourth-order valence-electron chi connectivity index (χ4n) is 6.55. The minimum atomic E-state index is -0.509. The van der Waals surface area contributed by atoms with Crippen molar-refractivity contribution in [1.82, 2.24) is 24.4 Å². The first-order valence-electron chi connectivity index (χ1n) is 15.2. The van der Waals surface area contributed by atoms with Gasteiger partial charge < -0.3 is 15.2 Å². The summed E-state index contributed by atoms with van der Waals surface area (Å²) in [5.41, 5.74) is 4.42. The van der Waals surface area contributed by atoms with Crippen molar-refractivity contribution in [2.45, 2.75) is 31.7 Å². The maximum Gasteiger partial charge on any atom is 0.263 e. The molecule has 1 aliphatic heterocycles. The van der Waals surface area contributed by atoms with E-state index in [4.69, 9.17) is 11.6 Å². The number of rotatable bonds is 6. The highest BCUT2D eigenvalue weighted by Crippen LogP contribution is 2.37. The molecule has 6 aromatic rings. The number of anilines is 1. The predicted octanol–water partition coefficient (Wildman–Crippen LogP) is 6.92. The number of piperidine rings is 1. The molecule has 4 heterocycles. The largest absolute Gasteiger partial charge is 0.361 e. The Morgan fingerprint density at radius 3 is 2.42 bits per heavy atom. The lowest BCUT2D eigenvalue weighted by Gasteiger charge is -2.29. The van der Waals surface area contributed by atoms with Gasteiger partial charge in [0, 0.05) is 23.3 Å². The number of pyridine rings is 2. The zero-order valence-electron chi connectivity index (χ0n) is 25.1. The minimum Gasteiger partial charge on any atom is -0.361 e. The van der Waals surface area contributed by atoms with E-state index >= 15 is 0 Å². The van der Waals surface area contributed by atoms with Gasteiger partial charge in [0.05, 0.1) is 22.1 Å². The van der Waals surface area contributed by atoms with Gasteiger partial charge in [-0.1, -0.05) is 72.3 Å². The van der Waals surface area contributed by atoms with E-state index in [1.54, 1.807) is 10.8 Å². The van der Waals surface area contributed by atoms with Gasteiger partial charge in [-0.15, -0.1) is 0 Å². The summed E-state index contributed by atoms with van der Waals surface area (Å²) < 4.78 is 1.67. The Bertz CT molecular complexity index is 2130. The summed E-state index contributed by atoms with van der Waals surface area (Å²) >= 11 is 7.27. The van der Waals surface area contributed by atoms with Crippen LogP contribution in [0.15, 0.2) is 101 Å². The van der Waals surface area contributed by atoms with Crippen LogP contribution in [0.5, 0.6) is 0 Å². The van der Waals surface area contributed by atoms with E-state index in [-0.39, 0.29) is 11.0 Å². The smallest absolute Gasteiger partial charge is 0.263 e. The molecule has 3 aromatic carbocycles. The number of fused-ring (bicyclic) bond motifs is 2. The third-order valence-electron chi connectivity index (χ3n) is 8.92. The highest BCUT2D eigenvalue weighted by molar-refractivity contribution is 6.36. The topological polar surface area (TPSA) is 95.9 Å². The summed E-state index contributed by atoms with van der Waals surface area (Å²) in [6, 6.07) is 24.9. The number of nitrogens with one attached hydrogen (secondary N) is 2. The summed E-state index contributed by atoms with van der Waals surface area (Å²) in [5.74, 6) is 0.905. The fourth-order valence-corrected chi connectivity index (χ4v) is 6.95. The molecule has 0 aliphatic carbocycles. The molecule has 0 saturated carbocycles. The molecule has 7 rings (SSSR count). The van der Waals surface area contributed by atoms with Crippen molar-refractivity contribution in [3.8, 4) is 16.8 Å². The molecule has 0 spiro atoms. The van der Waals surface area contributed by atoms with Crippen molar-refractivity contribution in [3.63, 3.8) is 0 Å². The van der Waals surface area contributed by atoms with Crippen LogP contribution >= 0.6 is 11.6 Å². The van der Waals surface area contributed by atoms with Crippen LogP contribution in [0.25, 0.3) is 38.6 Å². The minimum absolute atomic E-state index is 0.176. The van der Waals surface area contributed by atoms with Gasteiger partial charge >= 0.3 is 0 Å². The lowest BCUT2D eigenvalue weighted by Crippen LogP contribution is -2.29. The number of halogens is 1. The quantitative estimate of drug-likeness (QED) is 0.211. The average molecular weight is 617 g/mol. The van der Waals surface area contributed by atoms with Crippen LogP contribution in [0.1, 0.15) is 43.0 Å². The first-order chi connectivity index (χ1) is 21.9. The van der Waals surface area contributed by atoms with Crippen LogP contribution in [-0.4, -0.2) is 44.6 Å². The number of H-pyrrole nitrogens is 1. The lowest BCUT2D eigenvalue weighted by atomic mass is 9.88. The SMILES string of the molecule is C[C@H](Nc1ncnc2[nH]ccc(=O)c12)c1c(Cl)c2cccc(-c3ccc(C4CCN(C)CC4)cc3)c2c(=O)n1-c1ccccc1. The average Bonchev–Trinajstić information content (AvgIpc) is 3.07. The molecule has 45 heavy (non-hydrogen) atoms. The molecule has 0 bridgehead atoms. The molecule has 1 aliphatic rings. The van der Waals surface area contributed by atoms with Crippen LogP contribution in [0.3, 0.4) is 0 Å². The number of aromatic nitrogens is 4. The zero-order valence-corrected chi connectivity index (χ0v) is 25.9. The number of hydrogen-bond acceptors (Lipinski definition) is 6. The monoisotopic (exact) mass is 616 g/mol. The third-order valence-corrected chi connectivity index (χ3v) is 9.32.